The predicted molar refractivity (Wildman–Crippen MR) is 20.9 cm³/mol. The van der Waals surface area contributed by atoms with Crippen LogP contribution >= 0.6 is 0 Å². The van der Waals surface area contributed by atoms with Crippen molar-refractivity contribution in [2.24, 2.45) is 10.8 Å². The Hall–Kier alpha value is -0.615. The summed E-state index contributed by atoms with van der Waals surface area (Å²) in [6.45, 7) is 0. The van der Waals surface area contributed by atoms with Gasteiger partial charge < -0.3 is 0 Å². The van der Waals surface area contributed by atoms with Crippen LogP contribution in [0.5, 0.6) is 0 Å². The molecule has 0 rings (SSSR count). The van der Waals surface area contributed by atoms with E-state index in [2.05, 4.69) is 10.8 Å². The molecule has 5 nitrogen and oxygen atoms in total. The first-order valence-electron chi connectivity index (χ1n) is 1.28. The van der Waals surface area contributed by atoms with E-state index in [0.29, 0.717) is 7.27 Å². The molecule has 5 N–H and O–H groups in total. The summed E-state index contributed by atoms with van der Waals surface area (Å²) in [7, 11) is 0.583. The van der Waals surface area contributed by atoms with E-state index in [1.807, 2.05) is 11.1 Å². The molecular formula is H5BN4O. The van der Waals surface area contributed by atoms with Gasteiger partial charge in [0.2, 0.25) is 0 Å². The van der Waals surface area contributed by atoms with Gasteiger partial charge in [-0.15, -0.1) is 0 Å². The van der Waals surface area contributed by atoms with E-state index in [0.717, 1.165) is 0 Å². The summed E-state index contributed by atoms with van der Waals surface area (Å²) in [4.78, 5) is 0. The molecule has 0 aliphatic rings. The van der Waals surface area contributed by atoms with Crippen molar-refractivity contribution in [2.45, 2.75) is 0 Å². The fourth-order valence-corrected chi connectivity index (χ4v) is 0.0661. The first-order chi connectivity index (χ1) is 2.91. The van der Waals surface area contributed by atoms with Crippen LogP contribution in [0.25, 0.3) is 0 Å². The van der Waals surface area contributed by atoms with E-state index in [4.69, 9.17) is 5.02 Å². The van der Waals surface area contributed by atoms with Gasteiger partial charge in [-0.25, -0.2) is 0 Å². The molecule has 0 bridgehead atoms. The van der Waals surface area contributed by atoms with Crippen molar-refractivity contribution in [2.75, 3.05) is 0 Å². The van der Waals surface area contributed by atoms with E-state index in [1.54, 1.807) is 0 Å². The second-order valence-corrected chi connectivity index (χ2v) is 0.501. The molecule has 0 unspecified atom stereocenters. The van der Waals surface area contributed by atoms with Crippen LogP contribution in [0.15, 0.2) is 5.00 Å². The van der Waals surface area contributed by atoms with Gasteiger partial charge in [0.15, 0.2) is 0 Å². The summed E-state index contributed by atoms with van der Waals surface area (Å²) in [5, 5.41) is 10.8. The Bertz CT molecular complexity index is 42.8. The van der Waals surface area contributed by atoms with Crippen LogP contribution in [-0.2, 0) is 0 Å². The van der Waals surface area contributed by atoms with Gasteiger partial charge in [-0.05, 0) is 0 Å². The normalized spacial score (nSPS) is 8.17. The minimum atomic E-state index is 0.583. The summed E-state index contributed by atoms with van der Waals surface area (Å²) in [6.07, 6.45) is 0. The number of hydrogen-bond donors (Lipinski definition) is 4. The van der Waals surface area contributed by atoms with E-state index in [1.165, 1.54) is 0 Å². The maximum absolute atomic E-state index is 7.75. The van der Waals surface area contributed by atoms with Crippen LogP contribution in [0.1, 0.15) is 0 Å². The third kappa shape index (κ3) is 3.38. The number of nitrogens with one attached hydrogen (secondary N) is 2. The van der Waals surface area contributed by atoms with E-state index in [9.17, 15) is 0 Å². The van der Waals surface area contributed by atoms with Crippen molar-refractivity contribution < 1.29 is 5.02 Å². The summed E-state index contributed by atoms with van der Waals surface area (Å²) in [6, 6.07) is 0. The number of hydrogen-bond acceptors (Lipinski definition) is 4. The van der Waals surface area contributed by atoms with Crippen molar-refractivity contribution in [3.63, 3.8) is 0 Å². The Balaban J connectivity index is 2.66. The fraction of sp³-hybridized carbons (Fsp3) is 0. The maximum atomic E-state index is 7.75. The van der Waals surface area contributed by atoms with Gasteiger partial charge in [0.1, 0.15) is 0 Å². The van der Waals surface area contributed by atoms with Crippen LogP contribution in [0.4, 0.5) is 0 Å². The third-order valence-electron chi connectivity index (χ3n) is 0.187. The third-order valence-corrected chi connectivity index (χ3v) is 0.187. The fourth-order valence-electron chi connectivity index (χ4n) is 0.0661. The summed E-state index contributed by atoms with van der Waals surface area (Å²) in [5.74, 6) is 4.63. The SMILES string of the molecule is NNNN=BO. The van der Waals surface area contributed by atoms with Gasteiger partial charge in [-0.2, -0.15) is 0 Å². The number of nitrogens with two attached hydrogens (primary N) is 1. The molecule has 6 heavy (non-hydrogen) atoms. The van der Waals surface area contributed by atoms with Crippen molar-refractivity contribution in [3.8, 4) is 0 Å². The van der Waals surface area contributed by atoms with Crippen LogP contribution in [-0.4, -0.2) is 12.3 Å². The van der Waals surface area contributed by atoms with Gasteiger partial charge >= 0.3 is 34.2 Å². The van der Waals surface area contributed by atoms with E-state index < -0.39 is 0 Å². The molecular weight excluding hydrogens is 82.8 g/mol. The molecule has 0 atom stereocenters. The van der Waals surface area contributed by atoms with Crippen molar-refractivity contribution >= 4 is 7.27 Å². The van der Waals surface area contributed by atoms with Crippen LogP contribution in [0, 0.1) is 0 Å². The van der Waals surface area contributed by atoms with Gasteiger partial charge in [0.25, 0.3) is 0 Å². The van der Waals surface area contributed by atoms with Crippen molar-refractivity contribution in [3.05, 3.63) is 0 Å². The Morgan fingerprint density at radius 2 is 2.50 bits per heavy atom. The van der Waals surface area contributed by atoms with Crippen LogP contribution < -0.4 is 16.9 Å². The molecule has 0 aliphatic heterocycles. The average Bonchev–Trinajstić information content (AvgIpc) is 1.61. The summed E-state index contributed by atoms with van der Waals surface area (Å²) < 4.78 is 0. The summed E-state index contributed by atoms with van der Waals surface area (Å²) >= 11 is 0. The molecule has 0 spiro atoms. The van der Waals surface area contributed by atoms with Gasteiger partial charge in [-0.3, -0.25) is 0 Å². The standard InChI is InChI=1S/BH5N4O/c2-4-5-3-1-6/h4-6H,2H2. The second-order valence-electron chi connectivity index (χ2n) is 0.501. The topological polar surface area (TPSA) is 82.7 Å². The van der Waals surface area contributed by atoms with Crippen molar-refractivity contribution in [1.29, 1.82) is 0 Å². The zero-order valence-corrected chi connectivity index (χ0v) is 3.05. The summed E-state index contributed by atoms with van der Waals surface area (Å²) in [5.41, 5.74) is 4.01. The Kier molecular flexibility index (Phi) is 3.94. The van der Waals surface area contributed by atoms with E-state index in [-0.39, 0.29) is 0 Å². The molecule has 0 heterocycles. The average molecular weight is 87.9 g/mol. The molecule has 0 saturated heterocycles. The van der Waals surface area contributed by atoms with Gasteiger partial charge in [0, 0.05) is 0 Å². The zero-order chi connectivity index (χ0) is 4.83. The number of nitrogens with zero attached hydrogens (tertiary/aromatic N) is 1. The molecule has 0 aliphatic carbocycles. The molecule has 0 radical (unpaired) electrons. The monoisotopic (exact) mass is 88.1 g/mol. The van der Waals surface area contributed by atoms with Crippen LogP contribution in [0.3, 0.4) is 0 Å². The molecule has 34 valence electrons. The van der Waals surface area contributed by atoms with E-state index >= 15 is 0 Å². The molecule has 0 aromatic carbocycles. The van der Waals surface area contributed by atoms with Gasteiger partial charge in [-0.1, -0.05) is 0 Å². The second kappa shape index (κ2) is 4.38. The first kappa shape index (κ1) is 5.38. The molecule has 6 heteroatoms. The van der Waals surface area contributed by atoms with Crippen molar-refractivity contribution in [1.82, 2.24) is 11.1 Å². The molecule has 0 saturated carbocycles. The predicted octanol–water partition coefficient (Wildman–Crippen LogP) is -2.34. The number of rotatable bonds is 2. The molecule has 0 aromatic rings. The minimum absolute atomic E-state index is 0.583. The Morgan fingerprint density at radius 3 is 2.67 bits per heavy atom. The number of hydrazine groups is 2. The molecule has 0 aromatic heterocycles. The molecule has 0 fully saturated rings. The van der Waals surface area contributed by atoms with Gasteiger partial charge in [0.05, 0.1) is 0 Å². The zero-order valence-electron chi connectivity index (χ0n) is 3.05. The van der Waals surface area contributed by atoms with Crippen LogP contribution in [0.2, 0.25) is 0 Å². The first-order valence-corrected chi connectivity index (χ1v) is 1.28. The Morgan fingerprint density at radius 1 is 1.83 bits per heavy atom. The molecule has 0 amide bonds. The quantitative estimate of drug-likeness (QED) is 0.173. The Labute approximate surface area is 35.4 Å².